The highest BCUT2D eigenvalue weighted by Crippen LogP contribution is 2.20. The maximum atomic E-state index is 13.8. The second kappa shape index (κ2) is 13.6. The second-order valence-electron chi connectivity index (χ2n) is 9.84. The zero-order chi connectivity index (χ0) is 25.9. The van der Waals surface area contributed by atoms with E-state index in [1.54, 1.807) is 4.90 Å². The zero-order valence-corrected chi connectivity index (χ0v) is 22.2. The van der Waals surface area contributed by atoms with Crippen LogP contribution in [0.5, 0.6) is 0 Å². The normalized spacial score (nSPS) is 11.8. The molecule has 2 amide bonds. The van der Waals surface area contributed by atoms with Crippen LogP contribution in [0.25, 0.3) is 0 Å². The summed E-state index contributed by atoms with van der Waals surface area (Å²) in [7, 11) is 0. The van der Waals surface area contributed by atoms with Gasteiger partial charge in [-0.2, -0.15) is 0 Å². The summed E-state index contributed by atoms with van der Waals surface area (Å²) in [5.41, 5.74) is 5.65. The molecule has 36 heavy (non-hydrogen) atoms. The van der Waals surface area contributed by atoms with Gasteiger partial charge in [0.05, 0.1) is 0 Å². The van der Waals surface area contributed by atoms with Crippen LogP contribution >= 0.6 is 0 Å². The number of carbonyl (C=O) groups is 2. The number of benzene rings is 3. The Hall–Kier alpha value is -3.40. The summed E-state index contributed by atoms with van der Waals surface area (Å²) in [6.45, 7) is 9.45. The van der Waals surface area contributed by atoms with Crippen molar-refractivity contribution in [3.63, 3.8) is 0 Å². The lowest BCUT2D eigenvalue weighted by molar-refractivity contribution is -0.141. The summed E-state index contributed by atoms with van der Waals surface area (Å²) in [6, 6.07) is 26.0. The van der Waals surface area contributed by atoms with Gasteiger partial charge in [0.25, 0.3) is 0 Å². The molecule has 0 saturated heterocycles. The Labute approximate surface area is 216 Å². The largest absolute Gasteiger partial charge is 0.354 e. The van der Waals surface area contributed by atoms with Crippen molar-refractivity contribution in [3.05, 3.63) is 107 Å². The first-order chi connectivity index (χ1) is 17.4. The molecule has 0 aromatic heterocycles. The molecule has 0 radical (unpaired) electrons. The summed E-state index contributed by atoms with van der Waals surface area (Å²) < 4.78 is 0. The fourth-order valence-electron chi connectivity index (χ4n) is 4.36. The van der Waals surface area contributed by atoms with E-state index in [1.807, 2.05) is 55.5 Å². The van der Waals surface area contributed by atoms with Crippen molar-refractivity contribution in [1.82, 2.24) is 10.2 Å². The van der Waals surface area contributed by atoms with Gasteiger partial charge < -0.3 is 10.2 Å². The summed E-state index contributed by atoms with van der Waals surface area (Å²) in [5, 5.41) is 3.05. The molecule has 1 N–H and O–H groups in total. The molecule has 190 valence electrons. The molecule has 4 heteroatoms. The molecular weight excluding hydrogens is 444 g/mol. The molecule has 3 aromatic carbocycles. The minimum Gasteiger partial charge on any atom is -0.354 e. The maximum Gasteiger partial charge on any atom is 0.243 e. The van der Waals surface area contributed by atoms with Crippen LogP contribution in [0, 0.1) is 6.92 Å². The van der Waals surface area contributed by atoms with Gasteiger partial charge in [-0.3, -0.25) is 9.59 Å². The molecule has 0 unspecified atom stereocenters. The van der Waals surface area contributed by atoms with Crippen molar-refractivity contribution in [2.75, 3.05) is 6.54 Å². The van der Waals surface area contributed by atoms with Gasteiger partial charge in [-0.15, -0.1) is 0 Å². The first kappa shape index (κ1) is 27.2. The Kier molecular flexibility index (Phi) is 10.3. The summed E-state index contributed by atoms with van der Waals surface area (Å²) in [6.07, 6.45) is 2.34. The lowest BCUT2D eigenvalue weighted by Crippen LogP contribution is -2.50. The molecule has 1 atom stereocenters. The quantitative estimate of drug-likeness (QED) is 0.332. The smallest absolute Gasteiger partial charge is 0.243 e. The van der Waals surface area contributed by atoms with Crippen LogP contribution in [-0.2, 0) is 29.0 Å². The average Bonchev–Trinajstić information content (AvgIpc) is 2.89. The molecule has 0 heterocycles. The van der Waals surface area contributed by atoms with Crippen molar-refractivity contribution < 1.29 is 9.59 Å². The first-order valence-electron chi connectivity index (χ1n) is 13.1. The van der Waals surface area contributed by atoms with Crippen LogP contribution < -0.4 is 5.32 Å². The molecule has 0 aliphatic heterocycles. The van der Waals surface area contributed by atoms with Gasteiger partial charge in [0.1, 0.15) is 6.04 Å². The Bertz CT molecular complexity index is 1110. The van der Waals surface area contributed by atoms with Gasteiger partial charge in [-0.25, -0.2) is 0 Å². The van der Waals surface area contributed by atoms with Gasteiger partial charge in [0.15, 0.2) is 0 Å². The van der Waals surface area contributed by atoms with Gasteiger partial charge in [0.2, 0.25) is 11.8 Å². The van der Waals surface area contributed by atoms with Crippen molar-refractivity contribution in [2.45, 2.75) is 71.9 Å². The van der Waals surface area contributed by atoms with E-state index in [1.165, 1.54) is 5.56 Å². The van der Waals surface area contributed by atoms with Gasteiger partial charge in [0, 0.05) is 25.9 Å². The molecule has 0 saturated carbocycles. The number of nitrogens with one attached hydrogen (secondary N) is 1. The molecule has 0 fully saturated rings. The van der Waals surface area contributed by atoms with E-state index in [0.29, 0.717) is 38.3 Å². The highest BCUT2D eigenvalue weighted by atomic mass is 16.2. The Morgan fingerprint density at radius 2 is 1.53 bits per heavy atom. The van der Waals surface area contributed by atoms with E-state index in [-0.39, 0.29) is 11.8 Å². The van der Waals surface area contributed by atoms with Gasteiger partial charge in [-0.1, -0.05) is 99.6 Å². The van der Waals surface area contributed by atoms with E-state index in [2.05, 4.69) is 56.4 Å². The average molecular weight is 485 g/mol. The van der Waals surface area contributed by atoms with E-state index in [4.69, 9.17) is 0 Å². The molecule has 0 spiro atoms. The third-order valence-electron chi connectivity index (χ3n) is 6.70. The van der Waals surface area contributed by atoms with Crippen LogP contribution in [0.1, 0.15) is 67.3 Å². The van der Waals surface area contributed by atoms with E-state index >= 15 is 0 Å². The van der Waals surface area contributed by atoms with Crippen molar-refractivity contribution in [2.24, 2.45) is 0 Å². The lowest BCUT2D eigenvalue weighted by Gasteiger charge is -2.32. The van der Waals surface area contributed by atoms with Crippen LogP contribution in [-0.4, -0.2) is 29.3 Å². The van der Waals surface area contributed by atoms with Crippen molar-refractivity contribution >= 4 is 11.8 Å². The summed E-state index contributed by atoms with van der Waals surface area (Å²) in [4.78, 5) is 29.0. The molecule has 0 bridgehead atoms. The number of aryl methyl sites for hydroxylation is 2. The third kappa shape index (κ3) is 7.81. The molecule has 3 aromatic rings. The van der Waals surface area contributed by atoms with E-state index in [9.17, 15) is 9.59 Å². The topological polar surface area (TPSA) is 49.4 Å². The van der Waals surface area contributed by atoms with Crippen LogP contribution in [0.3, 0.4) is 0 Å². The van der Waals surface area contributed by atoms with Gasteiger partial charge in [-0.05, 0) is 53.5 Å². The summed E-state index contributed by atoms with van der Waals surface area (Å²) in [5.74, 6) is 0.383. The molecule has 4 nitrogen and oxygen atoms in total. The third-order valence-corrected chi connectivity index (χ3v) is 6.70. The predicted octanol–water partition coefficient (Wildman–Crippen LogP) is 6.22. The van der Waals surface area contributed by atoms with Crippen LogP contribution in [0.2, 0.25) is 0 Å². The monoisotopic (exact) mass is 484 g/mol. The molecule has 0 aliphatic carbocycles. The Balaban J connectivity index is 1.87. The SMILES string of the molecule is CCCNC(=O)[C@@H](Cc1ccccc1)N(Cc1ccccc1C)C(=O)CCc1ccc(C(C)C)cc1. The highest BCUT2D eigenvalue weighted by molar-refractivity contribution is 5.88. The first-order valence-corrected chi connectivity index (χ1v) is 13.1. The molecule has 0 aliphatic rings. The number of amides is 2. The van der Waals surface area contributed by atoms with Gasteiger partial charge >= 0.3 is 0 Å². The second-order valence-corrected chi connectivity index (χ2v) is 9.84. The zero-order valence-electron chi connectivity index (χ0n) is 22.2. The van der Waals surface area contributed by atoms with Crippen LogP contribution in [0.15, 0.2) is 78.9 Å². The number of nitrogens with zero attached hydrogens (tertiary/aromatic N) is 1. The minimum atomic E-state index is -0.575. The number of carbonyl (C=O) groups excluding carboxylic acids is 2. The lowest BCUT2D eigenvalue weighted by atomic mass is 9.99. The summed E-state index contributed by atoms with van der Waals surface area (Å²) >= 11 is 0. The highest BCUT2D eigenvalue weighted by Gasteiger charge is 2.30. The van der Waals surface area contributed by atoms with Crippen molar-refractivity contribution in [3.8, 4) is 0 Å². The fourth-order valence-corrected chi connectivity index (χ4v) is 4.36. The number of hydrogen-bond donors (Lipinski definition) is 1. The molecule has 3 rings (SSSR count). The number of rotatable bonds is 12. The fraction of sp³-hybridized carbons (Fsp3) is 0.375. The van der Waals surface area contributed by atoms with E-state index in [0.717, 1.165) is 28.7 Å². The number of hydrogen-bond acceptors (Lipinski definition) is 2. The standard InChI is InChI=1S/C32H40N2O2/c1-5-21-33-32(36)30(22-27-12-7-6-8-13-27)34(23-29-14-10-9-11-25(29)4)31(35)20-17-26-15-18-28(19-16-26)24(2)3/h6-16,18-19,24,30H,5,17,20-23H2,1-4H3,(H,33,36)/t30-/m1/s1. The Morgan fingerprint density at radius 1 is 0.861 bits per heavy atom. The minimum absolute atomic E-state index is 0.00114. The van der Waals surface area contributed by atoms with Crippen LogP contribution in [0.4, 0.5) is 0 Å². The van der Waals surface area contributed by atoms with E-state index < -0.39 is 6.04 Å². The Morgan fingerprint density at radius 3 is 2.17 bits per heavy atom. The predicted molar refractivity (Wildman–Crippen MR) is 148 cm³/mol. The maximum absolute atomic E-state index is 13.8. The van der Waals surface area contributed by atoms with Crippen molar-refractivity contribution in [1.29, 1.82) is 0 Å². The molecular formula is C32H40N2O2.